The highest BCUT2D eigenvalue weighted by Gasteiger charge is 2.09. The van der Waals surface area contributed by atoms with Gasteiger partial charge in [-0.25, -0.2) is 0 Å². The van der Waals surface area contributed by atoms with Gasteiger partial charge in [-0.3, -0.25) is 4.79 Å². The van der Waals surface area contributed by atoms with Crippen LogP contribution in [0.4, 0.5) is 5.69 Å². The largest absolute Gasteiger partial charge is 0.490 e. The molecule has 0 atom stereocenters. The van der Waals surface area contributed by atoms with Gasteiger partial charge in [-0.1, -0.05) is 18.2 Å². The molecule has 0 saturated heterocycles. The Kier molecular flexibility index (Phi) is 7.65. The second kappa shape index (κ2) is 9.79. The summed E-state index contributed by atoms with van der Waals surface area (Å²) in [5.41, 5.74) is 1.29. The normalized spacial score (nSPS) is 9.22. The predicted octanol–water partition coefficient (Wildman–Crippen LogP) is 2.02. The molecule has 0 aromatic heterocycles. The Morgan fingerprint density at radius 2 is 1.61 bits per heavy atom. The molecule has 2 aromatic carbocycles. The number of nitrogens with zero attached hydrogens (tertiary/aromatic N) is 1. The highest BCUT2D eigenvalue weighted by Crippen LogP contribution is 2.30. The first-order valence-corrected chi connectivity index (χ1v) is 7.23. The zero-order valence-corrected chi connectivity index (χ0v) is 13.2. The third kappa shape index (κ3) is 5.32. The van der Waals surface area contributed by atoms with Gasteiger partial charge in [-0.05, 0) is 38.1 Å². The van der Waals surface area contributed by atoms with Crippen molar-refractivity contribution in [2.45, 2.75) is 13.8 Å². The van der Waals surface area contributed by atoms with E-state index in [1.54, 1.807) is 30.3 Å². The molecular formula is C17H20N3O3+. The molecule has 23 heavy (non-hydrogen) atoms. The van der Waals surface area contributed by atoms with Gasteiger partial charge in [0.25, 0.3) is 5.91 Å². The van der Waals surface area contributed by atoms with Crippen molar-refractivity contribution in [1.82, 2.24) is 0 Å². The molecule has 2 N–H and O–H groups in total. The Hall–Kier alpha value is -3.07. The van der Waals surface area contributed by atoms with Crippen LogP contribution in [-0.2, 0) is 0 Å². The summed E-state index contributed by atoms with van der Waals surface area (Å²) in [6, 6.07) is 14.5. The van der Waals surface area contributed by atoms with Crippen LogP contribution in [-0.4, -0.2) is 19.1 Å². The average molecular weight is 314 g/mol. The number of carbonyl (C=O) groups excluding carboxylic acids is 1. The first-order chi connectivity index (χ1) is 11.2. The van der Waals surface area contributed by atoms with Crippen LogP contribution in [0.15, 0.2) is 48.5 Å². The van der Waals surface area contributed by atoms with Gasteiger partial charge in [0.15, 0.2) is 11.5 Å². The zero-order valence-electron chi connectivity index (χ0n) is 13.2. The molecule has 6 heteroatoms. The van der Waals surface area contributed by atoms with Crippen molar-refractivity contribution in [1.29, 1.82) is 5.39 Å². The quantitative estimate of drug-likeness (QED) is 0.797. The molecule has 2 aromatic rings. The number of carbonyl (C=O) groups is 1. The summed E-state index contributed by atoms with van der Waals surface area (Å²) in [4.78, 5) is 12.1. The number of nitrogens with one attached hydrogen (secondary N) is 2. The smallest absolute Gasteiger partial charge is 0.255 e. The van der Waals surface area contributed by atoms with Crippen molar-refractivity contribution in [3.05, 3.63) is 54.1 Å². The van der Waals surface area contributed by atoms with E-state index in [1.807, 2.05) is 32.0 Å². The summed E-state index contributed by atoms with van der Waals surface area (Å²) in [6.07, 6.45) is 0. The fourth-order valence-corrected chi connectivity index (χ4v) is 1.92. The molecule has 120 valence electrons. The summed E-state index contributed by atoms with van der Waals surface area (Å²) in [5.74, 6) is 1.16. The third-order valence-corrected chi connectivity index (χ3v) is 2.84. The SMILES string of the molecule is CCOc1ccc(NC(=O)c2ccccc2)cc1OCC.N#[NH+]. The van der Waals surface area contributed by atoms with Crippen molar-refractivity contribution < 1.29 is 19.7 Å². The van der Waals surface area contributed by atoms with Crippen LogP contribution in [0.3, 0.4) is 0 Å². The Balaban J connectivity index is 0.00000127. The topological polar surface area (TPSA) is 95.1 Å². The van der Waals surface area contributed by atoms with Gasteiger partial charge in [0, 0.05) is 17.3 Å². The number of anilines is 1. The molecule has 0 saturated carbocycles. The highest BCUT2D eigenvalue weighted by atomic mass is 16.5. The fourth-order valence-electron chi connectivity index (χ4n) is 1.92. The standard InChI is InChI=1S/C17H19NO3.N2/c1-3-20-15-11-10-14(12-16(15)21-4-2)18-17(19)13-8-6-5-7-9-13;1-2/h5-12H,3-4H2,1-2H3,(H,18,19);/p+1. The molecule has 0 aliphatic rings. The number of hydrogen-bond donors (Lipinski definition) is 2. The van der Waals surface area contributed by atoms with E-state index in [0.717, 1.165) is 0 Å². The molecule has 0 aliphatic carbocycles. The first kappa shape index (κ1) is 18.0. The summed E-state index contributed by atoms with van der Waals surface area (Å²) in [6.45, 7) is 4.93. The molecule has 0 fully saturated rings. The molecular weight excluding hydrogens is 294 g/mol. The van der Waals surface area contributed by atoms with Crippen molar-refractivity contribution in [3.8, 4) is 11.5 Å². The van der Waals surface area contributed by atoms with Gasteiger partial charge in [0.1, 0.15) is 0 Å². The summed E-state index contributed by atoms with van der Waals surface area (Å²) >= 11 is 0. The zero-order chi connectivity index (χ0) is 17.1. The van der Waals surface area contributed by atoms with Crippen molar-refractivity contribution in [2.75, 3.05) is 18.5 Å². The monoisotopic (exact) mass is 314 g/mol. The number of ether oxygens (including phenoxy) is 2. The predicted molar refractivity (Wildman–Crippen MR) is 85.9 cm³/mol. The lowest BCUT2D eigenvalue weighted by Gasteiger charge is -2.13. The number of benzene rings is 2. The van der Waals surface area contributed by atoms with Crippen LogP contribution in [0.25, 0.3) is 0 Å². The van der Waals surface area contributed by atoms with Gasteiger partial charge < -0.3 is 14.8 Å². The number of amides is 1. The average Bonchev–Trinajstić information content (AvgIpc) is 2.60. The Labute approximate surface area is 135 Å². The van der Waals surface area contributed by atoms with Crippen LogP contribution in [0, 0.1) is 5.39 Å². The minimum Gasteiger partial charge on any atom is -0.490 e. The summed E-state index contributed by atoms with van der Waals surface area (Å²) in [7, 11) is 0. The van der Waals surface area contributed by atoms with Crippen molar-refractivity contribution >= 4 is 11.6 Å². The van der Waals surface area contributed by atoms with E-state index >= 15 is 0 Å². The fraction of sp³-hybridized carbons (Fsp3) is 0.235. The summed E-state index contributed by atoms with van der Waals surface area (Å²) < 4.78 is 11.0. The van der Waals surface area contributed by atoms with Crippen molar-refractivity contribution in [3.63, 3.8) is 0 Å². The number of diazo groups is 1. The van der Waals surface area contributed by atoms with E-state index < -0.39 is 0 Å². The molecule has 6 nitrogen and oxygen atoms in total. The summed E-state index contributed by atoms with van der Waals surface area (Å²) in [5, 5.41) is 13.9. The minimum absolute atomic E-state index is 0.151. The lowest BCUT2D eigenvalue weighted by molar-refractivity contribution is -0.175. The molecule has 0 radical (unpaired) electrons. The highest BCUT2D eigenvalue weighted by molar-refractivity contribution is 6.04. The van der Waals surface area contributed by atoms with E-state index in [-0.39, 0.29) is 5.91 Å². The van der Waals surface area contributed by atoms with E-state index in [1.165, 1.54) is 0 Å². The lowest BCUT2D eigenvalue weighted by Crippen LogP contribution is -2.11. The maximum Gasteiger partial charge on any atom is 0.255 e. The van der Waals surface area contributed by atoms with E-state index in [9.17, 15) is 4.79 Å². The van der Waals surface area contributed by atoms with Crippen LogP contribution in [0.1, 0.15) is 24.2 Å². The minimum atomic E-state index is -0.151. The number of hydrogen-bond acceptors (Lipinski definition) is 4. The van der Waals surface area contributed by atoms with Crippen molar-refractivity contribution in [2.24, 2.45) is 0 Å². The van der Waals surface area contributed by atoms with Gasteiger partial charge >= 0.3 is 0 Å². The third-order valence-electron chi connectivity index (χ3n) is 2.84. The molecule has 0 heterocycles. The van der Waals surface area contributed by atoms with Crippen LogP contribution >= 0.6 is 0 Å². The second-order valence-corrected chi connectivity index (χ2v) is 4.35. The Bertz CT molecular complexity index is 642. The molecule has 0 aliphatic heterocycles. The molecule has 2 rings (SSSR count). The molecule has 0 bridgehead atoms. The number of rotatable bonds is 6. The second-order valence-electron chi connectivity index (χ2n) is 4.35. The van der Waals surface area contributed by atoms with Gasteiger partial charge in [-0.2, -0.15) is 0 Å². The van der Waals surface area contributed by atoms with E-state index in [4.69, 9.17) is 20.3 Å². The molecule has 0 spiro atoms. The van der Waals surface area contributed by atoms with Gasteiger partial charge in [0.05, 0.1) is 18.6 Å². The molecule has 0 unspecified atom stereocenters. The maximum absolute atomic E-state index is 12.1. The van der Waals surface area contributed by atoms with Crippen LogP contribution < -0.4 is 20.2 Å². The van der Waals surface area contributed by atoms with E-state index in [0.29, 0.717) is 36.0 Å². The maximum atomic E-state index is 12.1. The van der Waals surface area contributed by atoms with Crippen LogP contribution in [0.2, 0.25) is 0 Å². The lowest BCUT2D eigenvalue weighted by atomic mass is 10.2. The Morgan fingerprint density at radius 1 is 1.00 bits per heavy atom. The van der Waals surface area contributed by atoms with Gasteiger partial charge in [0.2, 0.25) is 5.39 Å². The van der Waals surface area contributed by atoms with E-state index in [2.05, 4.69) is 5.32 Å². The molecule has 1 amide bonds. The van der Waals surface area contributed by atoms with Crippen LogP contribution in [0.5, 0.6) is 11.5 Å². The van der Waals surface area contributed by atoms with Gasteiger partial charge in [-0.15, -0.1) is 0 Å². The Morgan fingerprint density at radius 3 is 2.22 bits per heavy atom. The first-order valence-electron chi connectivity index (χ1n) is 7.23.